The summed E-state index contributed by atoms with van der Waals surface area (Å²) in [5.74, 6) is 0.909. The van der Waals surface area contributed by atoms with Gasteiger partial charge in [-0.15, -0.1) is 0 Å². The third-order valence-electron chi connectivity index (χ3n) is 11.8. The SMILES string of the molecule is C=C1CCC(n2c(=C)c3cc4c(cc3c2=C)CC2(CC4)CN(CC3CC4(CCN(c5ccccc5)CC4)C3)C2)C(=C)N1. The molecule has 1 unspecified atom stereocenters. The first-order chi connectivity index (χ1) is 20.3. The molecule has 0 amide bonds. The second-order valence-electron chi connectivity index (χ2n) is 14.7. The van der Waals surface area contributed by atoms with Crippen molar-refractivity contribution in [1.29, 1.82) is 0 Å². The van der Waals surface area contributed by atoms with Crippen molar-refractivity contribution >= 4 is 29.6 Å². The second-order valence-corrected chi connectivity index (χ2v) is 14.7. The third kappa shape index (κ3) is 4.28. The number of piperidine rings is 2. The molecular formula is C38H46N4. The van der Waals surface area contributed by atoms with Crippen LogP contribution in [0.5, 0.6) is 0 Å². The fourth-order valence-corrected chi connectivity index (χ4v) is 9.64. The highest BCUT2D eigenvalue weighted by molar-refractivity contribution is 5.85. The van der Waals surface area contributed by atoms with E-state index in [1.807, 2.05) is 0 Å². The first-order valence-corrected chi connectivity index (χ1v) is 16.3. The maximum Gasteiger partial charge on any atom is 0.0738 e. The van der Waals surface area contributed by atoms with Crippen LogP contribution in [0.25, 0.3) is 23.9 Å². The van der Waals surface area contributed by atoms with Gasteiger partial charge >= 0.3 is 0 Å². The highest BCUT2D eigenvalue weighted by Crippen LogP contribution is 2.54. The lowest BCUT2D eigenvalue weighted by Crippen LogP contribution is -2.61. The Kier molecular flexibility index (Phi) is 6.06. The molecule has 1 saturated carbocycles. The van der Waals surface area contributed by atoms with E-state index in [9.17, 15) is 0 Å². The molecule has 218 valence electrons. The lowest BCUT2D eigenvalue weighted by atomic mass is 9.57. The molecule has 8 rings (SSSR count). The number of hydrogen-bond donors (Lipinski definition) is 1. The number of aromatic nitrogens is 1. The molecule has 2 spiro atoms. The first-order valence-electron chi connectivity index (χ1n) is 16.3. The number of para-hydroxylation sites is 1. The van der Waals surface area contributed by atoms with Gasteiger partial charge in [0.05, 0.1) is 6.04 Å². The molecule has 2 aliphatic carbocycles. The Morgan fingerprint density at radius 2 is 1.50 bits per heavy atom. The van der Waals surface area contributed by atoms with E-state index in [1.54, 1.807) is 5.56 Å². The van der Waals surface area contributed by atoms with Crippen molar-refractivity contribution in [3.63, 3.8) is 0 Å². The predicted octanol–water partition coefficient (Wildman–Crippen LogP) is 5.90. The summed E-state index contributed by atoms with van der Waals surface area (Å²) in [6.07, 6.45) is 11.3. The molecule has 0 bridgehead atoms. The lowest BCUT2D eigenvalue weighted by Gasteiger charge is -2.58. The molecule has 2 aromatic carbocycles. The van der Waals surface area contributed by atoms with Crippen molar-refractivity contribution in [3.05, 3.63) is 88.8 Å². The van der Waals surface area contributed by atoms with E-state index in [0.29, 0.717) is 10.8 Å². The number of hydrogen-bond acceptors (Lipinski definition) is 3. The van der Waals surface area contributed by atoms with E-state index in [2.05, 4.69) is 88.5 Å². The molecule has 4 heterocycles. The van der Waals surface area contributed by atoms with Crippen molar-refractivity contribution in [2.75, 3.05) is 37.6 Å². The maximum absolute atomic E-state index is 4.55. The van der Waals surface area contributed by atoms with Gasteiger partial charge in [0.2, 0.25) is 0 Å². The Bertz CT molecular complexity index is 1660. The van der Waals surface area contributed by atoms with Gasteiger partial charge in [-0.25, -0.2) is 0 Å². The summed E-state index contributed by atoms with van der Waals surface area (Å²) in [5, 5.41) is 8.11. The number of rotatable bonds is 4. The van der Waals surface area contributed by atoms with Crippen LogP contribution in [0.1, 0.15) is 62.1 Å². The maximum atomic E-state index is 4.55. The number of anilines is 1. The molecule has 42 heavy (non-hydrogen) atoms. The monoisotopic (exact) mass is 558 g/mol. The van der Waals surface area contributed by atoms with Gasteiger partial charge in [-0.2, -0.15) is 0 Å². The number of allylic oxidation sites excluding steroid dienone is 2. The number of aryl methyl sites for hydroxylation is 1. The van der Waals surface area contributed by atoms with Crippen molar-refractivity contribution < 1.29 is 0 Å². The van der Waals surface area contributed by atoms with Crippen LogP contribution in [0.3, 0.4) is 0 Å². The third-order valence-corrected chi connectivity index (χ3v) is 11.8. The minimum Gasteiger partial charge on any atom is -0.371 e. The molecule has 1 aromatic heterocycles. The van der Waals surface area contributed by atoms with Gasteiger partial charge < -0.3 is 19.7 Å². The number of benzene rings is 2. The first kappa shape index (κ1) is 26.4. The molecule has 3 aromatic rings. The fourth-order valence-electron chi connectivity index (χ4n) is 9.64. The summed E-state index contributed by atoms with van der Waals surface area (Å²) in [5.41, 5.74) is 7.66. The van der Waals surface area contributed by atoms with Crippen molar-refractivity contribution in [3.8, 4) is 0 Å². The number of nitrogens with one attached hydrogen (secondary N) is 1. The van der Waals surface area contributed by atoms with Crippen molar-refractivity contribution in [2.24, 2.45) is 16.7 Å². The quantitative estimate of drug-likeness (QED) is 0.431. The van der Waals surface area contributed by atoms with Crippen molar-refractivity contribution in [2.45, 2.75) is 63.8 Å². The second kappa shape index (κ2) is 9.64. The summed E-state index contributed by atoms with van der Waals surface area (Å²) in [7, 11) is 0. The van der Waals surface area contributed by atoms with Gasteiger partial charge in [-0.3, -0.25) is 0 Å². The lowest BCUT2D eigenvalue weighted by molar-refractivity contribution is -0.0579. The van der Waals surface area contributed by atoms with Crippen LogP contribution < -0.4 is 20.9 Å². The Morgan fingerprint density at radius 1 is 0.810 bits per heavy atom. The van der Waals surface area contributed by atoms with Crippen LogP contribution in [-0.2, 0) is 12.8 Å². The summed E-state index contributed by atoms with van der Waals surface area (Å²) in [4.78, 5) is 5.38. The molecule has 4 heteroatoms. The van der Waals surface area contributed by atoms with Crippen LogP contribution in [0.4, 0.5) is 5.69 Å². The Labute approximate surface area is 251 Å². The Morgan fingerprint density at radius 3 is 2.19 bits per heavy atom. The fraction of sp³-hybridized carbons (Fsp3) is 0.474. The van der Waals surface area contributed by atoms with Crippen LogP contribution in [0.15, 0.2) is 67.0 Å². The predicted molar refractivity (Wildman–Crippen MR) is 176 cm³/mol. The van der Waals surface area contributed by atoms with E-state index in [0.717, 1.165) is 40.9 Å². The Hall–Kier alpha value is -3.24. The van der Waals surface area contributed by atoms with E-state index in [-0.39, 0.29) is 6.04 Å². The molecule has 3 saturated heterocycles. The van der Waals surface area contributed by atoms with E-state index < -0.39 is 0 Å². The summed E-state index contributed by atoms with van der Waals surface area (Å²) >= 11 is 0. The van der Waals surface area contributed by atoms with E-state index in [4.69, 9.17) is 0 Å². The van der Waals surface area contributed by atoms with Gasteiger partial charge in [-0.1, -0.05) is 44.5 Å². The van der Waals surface area contributed by atoms with Gasteiger partial charge in [0.25, 0.3) is 0 Å². The highest BCUT2D eigenvalue weighted by Gasteiger charge is 2.50. The number of likely N-dealkylation sites (tertiary alicyclic amines) is 1. The molecule has 1 atom stereocenters. The molecule has 0 radical (unpaired) electrons. The standard InChI is InChI=1S/C38H46N4/c1-26-10-11-36(27(2)39-26)42-28(3)34-18-31-12-13-38(22-32(31)19-35(34)29(42)4)24-40(25-38)23-30-20-37(21-30)14-16-41(17-15-37)33-8-6-5-7-9-33/h5-9,18-19,30,36,39H,1-4,10-17,20-25H2. The van der Waals surface area contributed by atoms with Crippen LogP contribution in [-0.4, -0.2) is 42.2 Å². The van der Waals surface area contributed by atoms with Crippen LogP contribution in [0.2, 0.25) is 0 Å². The van der Waals surface area contributed by atoms with Gasteiger partial charge in [0.1, 0.15) is 0 Å². The van der Waals surface area contributed by atoms with E-state index in [1.165, 1.54) is 99.7 Å². The zero-order valence-electron chi connectivity index (χ0n) is 25.3. The Balaban J connectivity index is 0.895. The largest absolute Gasteiger partial charge is 0.371 e. The zero-order chi connectivity index (χ0) is 28.6. The molecule has 4 fully saturated rings. The van der Waals surface area contributed by atoms with E-state index >= 15 is 0 Å². The van der Waals surface area contributed by atoms with Gasteiger partial charge in [-0.05, 0) is 105 Å². The van der Waals surface area contributed by atoms with Gasteiger partial charge in [0, 0.05) is 76.7 Å². The molecule has 1 N–H and O–H groups in total. The normalized spacial score (nSPS) is 25.3. The average Bonchev–Trinajstić information content (AvgIpc) is 3.19. The molecule has 5 aliphatic rings. The summed E-state index contributed by atoms with van der Waals surface area (Å²) < 4.78 is 2.33. The minimum absolute atomic E-state index is 0.188. The smallest absolute Gasteiger partial charge is 0.0738 e. The minimum atomic E-state index is 0.188. The molecule has 4 nitrogen and oxygen atoms in total. The highest BCUT2D eigenvalue weighted by atomic mass is 15.2. The van der Waals surface area contributed by atoms with Gasteiger partial charge in [0.15, 0.2) is 0 Å². The number of fused-ring (bicyclic) bond motifs is 2. The van der Waals surface area contributed by atoms with Crippen LogP contribution >= 0.6 is 0 Å². The average molecular weight is 559 g/mol. The summed E-state index contributed by atoms with van der Waals surface area (Å²) in [6, 6.07) is 16.1. The summed E-state index contributed by atoms with van der Waals surface area (Å²) in [6.45, 7) is 23.8. The van der Waals surface area contributed by atoms with Crippen molar-refractivity contribution in [1.82, 2.24) is 14.8 Å². The number of nitrogens with zero attached hydrogens (tertiary/aromatic N) is 3. The topological polar surface area (TPSA) is 23.4 Å². The molecular weight excluding hydrogens is 512 g/mol. The van der Waals surface area contributed by atoms with Crippen LogP contribution in [0, 0.1) is 16.7 Å². The zero-order valence-corrected chi connectivity index (χ0v) is 25.3. The molecule has 3 aliphatic heterocycles.